The Balaban J connectivity index is 1.61. The summed E-state index contributed by atoms with van der Waals surface area (Å²) in [6.45, 7) is 1.58. The molecule has 2 aromatic heterocycles. The van der Waals surface area contributed by atoms with Gasteiger partial charge in [-0.05, 0) is 42.3 Å². The van der Waals surface area contributed by atoms with Gasteiger partial charge < -0.3 is 9.30 Å². The van der Waals surface area contributed by atoms with Crippen LogP contribution in [0.15, 0.2) is 61.1 Å². The maximum Gasteiger partial charge on any atom is 0.118 e. The minimum Gasteiger partial charge on any atom is -0.381 e. The van der Waals surface area contributed by atoms with Crippen molar-refractivity contribution in [3.05, 3.63) is 78.1 Å². The second-order valence-corrected chi connectivity index (χ2v) is 5.90. The maximum absolute atomic E-state index is 5.51. The Morgan fingerprint density at radius 3 is 2.88 bits per heavy atom. The molecule has 24 heavy (non-hydrogen) atoms. The van der Waals surface area contributed by atoms with E-state index < -0.39 is 0 Å². The molecule has 4 nitrogen and oxygen atoms in total. The van der Waals surface area contributed by atoms with Crippen LogP contribution < -0.4 is 0 Å². The second kappa shape index (κ2) is 6.81. The Morgan fingerprint density at radius 1 is 1.04 bits per heavy atom. The van der Waals surface area contributed by atoms with Crippen LogP contribution in [0.3, 0.4) is 0 Å². The number of rotatable bonds is 4. The zero-order valence-electron chi connectivity index (χ0n) is 13.4. The van der Waals surface area contributed by atoms with Gasteiger partial charge in [0.05, 0.1) is 12.3 Å². The third-order valence-electron chi connectivity index (χ3n) is 4.25. The highest BCUT2D eigenvalue weighted by Gasteiger charge is 2.22. The van der Waals surface area contributed by atoms with Crippen LogP contribution in [0.25, 0.3) is 17.8 Å². The van der Waals surface area contributed by atoms with E-state index in [0.717, 1.165) is 42.4 Å². The molecule has 3 aromatic rings. The summed E-state index contributed by atoms with van der Waals surface area (Å²) in [5.74, 6) is 1.46. The van der Waals surface area contributed by atoms with E-state index >= 15 is 0 Å². The third-order valence-corrected chi connectivity index (χ3v) is 4.25. The van der Waals surface area contributed by atoms with E-state index in [2.05, 4.69) is 44.9 Å². The molecule has 4 heteroatoms. The van der Waals surface area contributed by atoms with Crippen molar-refractivity contribution in [1.29, 1.82) is 0 Å². The minimum absolute atomic E-state index is 0.382. The molecular weight excluding hydrogens is 298 g/mol. The van der Waals surface area contributed by atoms with Crippen molar-refractivity contribution < 1.29 is 4.74 Å². The van der Waals surface area contributed by atoms with Crippen molar-refractivity contribution in [2.45, 2.75) is 12.3 Å². The zero-order valence-corrected chi connectivity index (χ0v) is 13.4. The van der Waals surface area contributed by atoms with Gasteiger partial charge in [0, 0.05) is 36.8 Å². The summed E-state index contributed by atoms with van der Waals surface area (Å²) in [5.41, 5.74) is 3.22. The van der Waals surface area contributed by atoms with Crippen molar-refractivity contribution in [3.8, 4) is 5.69 Å². The summed E-state index contributed by atoms with van der Waals surface area (Å²) < 4.78 is 7.68. The Morgan fingerprint density at radius 2 is 2.04 bits per heavy atom. The molecular formula is C20H19N3O. The highest BCUT2D eigenvalue weighted by molar-refractivity contribution is 5.69. The molecule has 0 spiro atoms. The number of hydrogen-bond acceptors (Lipinski definition) is 3. The molecule has 1 aliphatic rings. The number of nitrogens with zero attached hydrogens (tertiary/aromatic N) is 3. The highest BCUT2D eigenvalue weighted by Crippen LogP contribution is 2.26. The van der Waals surface area contributed by atoms with Crippen molar-refractivity contribution >= 4 is 12.2 Å². The van der Waals surface area contributed by atoms with Crippen LogP contribution >= 0.6 is 0 Å². The minimum atomic E-state index is 0.382. The standard InChI is InChI=1S/C20H19N3O/c1-2-10-21-18(5-1)8-7-16-4-3-6-19(14-16)23-12-11-22-20(23)17-9-13-24-15-17/h1-8,10-12,14,17H,9,13,15H2/b8-7+/t17-/m1/s1. The van der Waals surface area contributed by atoms with Crippen LogP contribution in [-0.2, 0) is 4.74 Å². The van der Waals surface area contributed by atoms with Gasteiger partial charge in [0.2, 0.25) is 0 Å². The van der Waals surface area contributed by atoms with Crippen LogP contribution in [0.4, 0.5) is 0 Å². The molecule has 0 unspecified atom stereocenters. The van der Waals surface area contributed by atoms with Crippen molar-refractivity contribution in [3.63, 3.8) is 0 Å². The topological polar surface area (TPSA) is 39.9 Å². The highest BCUT2D eigenvalue weighted by atomic mass is 16.5. The van der Waals surface area contributed by atoms with Crippen LogP contribution in [0.1, 0.15) is 29.4 Å². The van der Waals surface area contributed by atoms with E-state index in [4.69, 9.17) is 4.74 Å². The molecule has 0 bridgehead atoms. The number of benzene rings is 1. The summed E-state index contributed by atoms with van der Waals surface area (Å²) in [6, 6.07) is 14.4. The monoisotopic (exact) mass is 317 g/mol. The fraction of sp³-hybridized carbons (Fsp3) is 0.200. The zero-order chi connectivity index (χ0) is 16.2. The number of imidazole rings is 1. The number of aromatic nitrogens is 3. The van der Waals surface area contributed by atoms with E-state index in [1.807, 2.05) is 36.7 Å². The summed E-state index contributed by atoms with van der Waals surface area (Å²) in [6.07, 6.45) is 10.8. The van der Waals surface area contributed by atoms with Crippen LogP contribution in [0, 0.1) is 0 Å². The van der Waals surface area contributed by atoms with Crippen LogP contribution in [0.2, 0.25) is 0 Å². The van der Waals surface area contributed by atoms with Crippen molar-refractivity contribution in [2.75, 3.05) is 13.2 Å². The Bertz CT molecular complexity index is 833. The van der Waals surface area contributed by atoms with Crippen LogP contribution in [0.5, 0.6) is 0 Å². The third kappa shape index (κ3) is 3.14. The lowest BCUT2D eigenvalue weighted by molar-refractivity contribution is 0.193. The lowest BCUT2D eigenvalue weighted by Gasteiger charge is -2.12. The fourth-order valence-corrected chi connectivity index (χ4v) is 3.01. The summed E-state index contributed by atoms with van der Waals surface area (Å²) in [7, 11) is 0. The lowest BCUT2D eigenvalue weighted by atomic mass is 10.1. The van der Waals surface area contributed by atoms with Crippen LogP contribution in [-0.4, -0.2) is 27.7 Å². The summed E-state index contributed by atoms with van der Waals surface area (Å²) >= 11 is 0. The molecule has 120 valence electrons. The first-order valence-electron chi connectivity index (χ1n) is 8.21. The van der Waals surface area contributed by atoms with Gasteiger partial charge in [-0.25, -0.2) is 4.98 Å². The molecule has 1 aliphatic heterocycles. The molecule has 0 radical (unpaired) electrons. The molecule has 0 saturated carbocycles. The molecule has 4 rings (SSSR count). The quantitative estimate of drug-likeness (QED) is 0.731. The molecule has 1 atom stereocenters. The van der Waals surface area contributed by atoms with Gasteiger partial charge in [0.1, 0.15) is 5.82 Å². The first kappa shape index (κ1) is 14.8. The van der Waals surface area contributed by atoms with Gasteiger partial charge in [-0.1, -0.05) is 24.3 Å². The van der Waals surface area contributed by atoms with Gasteiger partial charge in [-0.2, -0.15) is 0 Å². The SMILES string of the molecule is C(=C\c1ccccn1)/c1cccc(-n2ccnc2[C@@H]2CCOC2)c1. The Hall–Kier alpha value is -2.72. The Labute approximate surface area is 141 Å². The van der Waals surface area contributed by atoms with E-state index in [0.29, 0.717) is 5.92 Å². The molecule has 3 heterocycles. The average Bonchev–Trinajstić information content (AvgIpc) is 3.32. The molecule has 1 aromatic carbocycles. The first-order chi connectivity index (χ1) is 11.9. The molecule has 0 amide bonds. The van der Waals surface area contributed by atoms with Crippen molar-refractivity contribution in [2.24, 2.45) is 0 Å². The van der Waals surface area contributed by atoms with Gasteiger partial charge in [-0.3, -0.25) is 4.98 Å². The fourth-order valence-electron chi connectivity index (χ4n) is 3.01. The van der Waals surface area contributed by atoms with Gasteiger partial charge in [0.15, 0.2) is 0 Å². The van der Waals surface area contributed by atoms with Crippen molar-refractivity contribution in [1.82, 2.24) is 14.5 Å². The predicted molar refractivity (Wildman–Crippen MR) is 94.9 cm³/mol. The van der Waals surface area contributed by atoms with E-state index in [1.54, 1.807) is 6.20 Å². The second-order valence-electron chi connectivity index (χ2n) is 5.90. The number of pyridine rings is 1. The van der Waals surface area contributed by atoms with Gasteiger partial charge >= 0.3 is 0 Å². The van der Waals surface area contributed by atoms with Gasteiger partial charge in [0.25, 0.3) is 0 Å². The summed E-state index contributed by atoms with van der Waals surface area (Å²) in [4.78, 5) is 8.87. The Kier molecular flexibility index (Phi) is 4.21. The number of ether oxygens (including phenoxy) is 1. The first-order valence-corrected chi connectivity index (χ1v) is 8.21. The number of hydrogen-bond donors (Lipinski definition) is 0. The molecule has 1 saturated heterocycles. The molecule has 1 fully saturated rings. The normalized spacial score (nSPS) is 17.6. The predicted octanol–water partition coefficient (Wildman–Crippen LogP) is 3.94. The average molecular weight is 317 g/mol. The van der Waals surface area contributed by atoms with E-state index in [1.165, 1.54) is 0 Å². The molecule has 0 N–H and O–H groups in total. The van der Waals surface area contributed by atoms with E-state index in [-0.39, 0.29) is 0 Å². The van der Waals surface area contributed by atoms with E-state index in [9.17, 15) is 0 Å². The smallest absolute Gasteiger partial charge is 0.118 e. The van der Waals surface area contributed by atoms with Gasteiger partial charge in [-0.15, -0.1) is 0 Å². The molecule has 0 aliphatic carbocycles. The lowest BCUT2D eigenvalue weighted by Crippen LogP contribution is -2.07. The largest absolute Gasteiger partial charge is 0.381 e. The maximum atomic E-state index is 5.51. The summed E-state index contributed by atoms with van der Waals surface area (Å²) in [5, 5.41) is 0.